The quantitative estimate of drug-likeness (QED) is 0.895. The van der Waals surface area contributed by atoms with E-state index in [9.17, 15) is 0 Å². The molecule has 0 unspecified atom stereocenters. The van der Waals surface area contributed by atoms with Gasteiger partial charge in [0.2, 0.25) is 0 Å². The molecule has 110 valence electrons. The Morgan fingerprint density at radius 3 is 2.70 bits per heavy atom. The van der Waals surface area contributed by atoms with Gasteiger partial charge in [0.05, 0.1) is 7.11 Å². The Bertz CT molecular complexity index is 452. The van der Waals surface area contributed by atoms with E-state index in [1.54, 1.807) is 7.11 Å². The number of rotatable bonds is 5. The number of nitrogens with two attached hydrogens (primary N) is 1. The summed E-state index contributed by atoms with van der Waals surface area (Å²) in [5.41, 5.74) is 6.57. The van der Waals surface area contributed by atoms with Gasteiger partial charge in [0.1, 0.15) is 6.10 Å². The van der Waals surface area contributed by atoms with E-state index in [0.717, 1.165) is 43.0 Å². The molecule has 20 heavy (non-hydrogen) atoms. The average Bonchev–Trinajstić information content (AvgIpc) is 2.48. The van der Waals surface area contributed by atoms with Crippen molar-refractivity contribution in [2.45, 2.75) is 18.9 Å². The number of hydrogen-bond acceptors (Lipinski definition) is 4. The Balaban J connectivity index is 2.09. The Morgan fingerprint density at radius 2 is 2.05 bits per heavy atom. The van der Waals surface area contributed by atoms with Gasteiger partial charge < -0.3 is 20.1 Å². The van der Waals surface area contributed by atoms with Crippen LogP contribution in [0.5, 0.6) is 11.5 Å². The molecule has 4 nitrogen and oxygen atoms in total. The number of ether oxygens (including phenoxy) is 2. The lowest BCUT2D eigenvalue weighted by Crippen LogP contribution is -2.35. The summed E-state index contributed by atoms with van der Waals surface area (Å²) in [4.78, 5) is 2.33. The maximum absolute atomic E-state index is 6.13. The number of nitrogens with zero attached hydrogens (tertiary/aromatic N) is 1. The molecular formula is C16H24N2O2. The molecule has 2 rings (SSSR count). The predicted molar refractivity (Wildman–Crippen MR) is 82.2 cm³/mol. The molecule has 0 spiro atoms. The van der Waals surface area contributed by atoms with E-state index in [4.69, 9.17) is 15.2 Å². The second-order valence-electron chi connectivity index (χ2n) is 5.17. The number of hydrogen-bond donors (Lipinski definition) is 1. The van der Waals surface area contributed by atoms with Crippen LogP contribution in [0.2, 0.25) is 0 Å². The van der Waals surface area contributed by atoms with Gasteiger partial charge in [-0.3, -0.25) is 0 Å². The van der Waals surface area contributed by atoms with Gasteiger partial charge in [-0.2, -0.15) is 0 Å². The lowest BCUT2D eigenvalue weighted by molar-refractivity contribution is 0.111. The first-order chi connectivity index (χ1) is 9.72. The molecule has 0 bridgehead atoms. The van der Waals surface area contributed by atoms with Gasteiger partial charge in [-0.15, -0.1) is 0 Å². The lowest BCUT2D eigenvalue weighted by atomic mass is 10.1. The van der Waals surface area contributed by atoms with Crippen molar-refractivity contribution >= 4 is 6.08 Å². The summed E-state index contributed by atoms with van der Waals surface area (Å²) in [5.74, 6) is 1.61. The van der Waals surface area contributed by atoms with Gasteiger partial charge in [-0.25, -0.2) is 0 Å². The van der Waals surface area contributed by atoms with Crippen molar-refractivity contribution in [3.63, 3.8) is 0 Å². The van der Waals surface area contributed by atoms with Crippen LogP contribution in [-0.4, -0.2) is 44.8 Å². The molecule has 4 heteroatoms. The highest BCUT2D eigenvalue weighted by Crippen LogP contribution is 2.31. The zero-order valence-electron chi connectivity index (χ0n) is 12.3. The summed E-state index contributed by atoms with van der Waals surface area (Å²) in [7, 11) is 3.82. The Kier molecular flexibility index (Phi) is 5.44. The van der Waals surface area contributed by atoms with Crippen molar-refractivity contribution in [3.8, 4) is 11.5 Å². The van der Waals surface area contributed by atoms with E-state index >= 15 is 0 Å². The molecule has 0 amide bonds. The molecule has 1 aromatic carbocycles. The molecule has 1 fully saturated rings. The smallest absolute Gasteiger partial charge is 0.162 e. The number of benzene rings is 1. The van der Waals surface area contributed by atoms with Crippen molar-refractivity contribution in [2.24, 2.45) is 5.73 Å². The summed E-state index contributed by atoms with van der Waals surface area (Å²) in [6, 6.07) is 5.97. The van der Waals surface area contributed by atoms with E-state index in [-0.39, 0.29) is 6.10 Å². The number of methoxy groups -OCH3 is 1. The number of piperidine rings is 1. The fourth-order valence-corrected chi connectivity index (χ4v) is 2.38. The summed E-state index contributed by atoms with van der Waals surface area (Å²) in [5, 5.41) is 0. The molecule has 0 aliphatic carbocycles. The Labute approximate surface area is 121 Å². The van der Waals surface area contributed by atoms with Crippen molar-refractivity contribution < 1.29 is 9.47 Å². The largest absolute Gasteiger partial charge is 0.493 e. The molecule has 2 N–H and O–H groups in total. The van der Waals surface area contributed by atoms with Crippen LogP contribution >= 0.6 is 0 Å². The minimum Gasteiger partial charge on any atom is -0.493 e. The topological polar surface area (TPSA) is 47.7 Å². The monoisotopic (exact) mass is 276 g/mol. The number of likely N-dealkylation sites (tertiary alicyclic amines) is 1. The second-order valence-corrected chi connectivity index (χ2v) is 5.17. The second kappa shape index (κ2) is 7.31. The van der Waals surface area contributed by atoms with Gasteiger partial charge in [0.15, 0.2) is 11.5 Å². The molecule has 1 aromatic rings. The third-order valence-corrected chi connectivity index (χ3v) is 3.59. The van der Waals surface area contributed by atoms with Crippen LogP contribution in [0.4, 0.5) is 0 Å². The highest BCUT2D eigenvalue weighted by molar-refractivity contribution is 5.56. The van der Waals surface area contributed by atoms with Crippen molar-refractivity contribution in [1.29, 1.82) is 0 Å². The zero-order valence-corrected chi connectivity index (χ0v) is 12.3. The third kappa shape index (κ3) is 3.99. The highest BCUT2D eigenvalue weighted by atomic mass is 16.5. The van der Waals surface area contributed by atoms with Gasteiger partial charge in [0.25, 0.3) is 0 Å². The minimum atomic E-state index is 0.272. The predicted octanol–water partition coefficient (Wildman–Crippen LogP) is 2.14. The van der Waals surface area contributed by atoms with E-state index in [0.29, 0.717) is 6.54 Å². The normalized spacial score (nSPS) is 17.6. The van der Waals surface area contributed by atoms with Crippen molar-refractivity contribution in [3.05, 3.63) is 29.8 Å². The van der Waals surface area contributed by atoms with Crippen LogP contribution in [0, 0.1) is 0 Å². The first-order valence-corrected chi connectivity index (χ1v) is 7.12. The molecule has 0 atom stereocenters. The zero-order chi connectivity index (χ0) is 14.4. The van der Waals surface area contributed by atoms with Crippen LogP contribution in [0.3, 0.4) is 0 Å². The molecule has 0 saturated carbocycles. The van der Waals surface area contributed by atoms with Gasteiger partial charge in [-0.1, -0.05) is 18.2 Å². The van der Waals surface area contributed by atoms with E-state index < -0.39 is 0 Å². The Hall–Kier alpha value is -1.52. The standard InChI is InChI=1S/C16H24N2O2/c1-18-10-7-14(8-11-18)20-16-12-13(4-3-9-17)5-6-15(16)19-2/h3-6,12,14H,7-11,17H2,1-2H3/b4-3+. The fourth-order valence-electron chi connectivity index (χ4n) is 2.38. The van der Waals surface area contributed by atoms with Crippen molar-refractivity contribution in [1.82, 2.24) is 4.90 Å². The molecule has 0 aromatic heterocycles. The van der Waals surface area contributed by atoms with Crippen LogP contribution in [0.25, 0.3) is 6.08 Å². The van der Waals surface area contributed by atoms with Crippen LogP contribution in [-0.2, 0) is 0 Å². The summed E-state index contributed by atoms with van der Waals surface area (Å²) in [6.45, 7) is 2.71. The molecule has 1 heterocycles. The molecule has 1 aliphatic heterocycles. The summed E-state index contributed by atoms with van der Waals surface area (Å²) in [6.07, 6.45) is 6.32. The molecule has 0 radical (unpaired) electrons. The van der Waals surface area contributed by atoms with Crippen LogP contribution in [0.1, 0.15) is 18.4 Å². The SMILES string of the molecule is COc1ccc(/C=C/CN)cc1OC1CCN(C)CC1. The van der Waals surface area contributed by atoms with Crippen LogP contribution < -0.4 is 15.2 Å². The van der Waals surface area contributed by atoms with E-state index in [1.165, 1.54) is 0 Å². The third-order valence-electron chi connectivity index (χ3n) is 3.59. The van der Waals surface area contributed by atoms with Crippen molar-refractivity contribution in [2.75, 3.05) is 33.8 Å². The van der Waals surface area contributed by atoms with Gasteiger partial charge >= 0.3 is 0 Å². The minimum absolute atomic E-state index is 0.272. The molecule has 1 aliphatic rings. The van der Waals surface area contributed by atoms with Gasteiger partial charge in [0, 0.05) is 19.6 Å². The average molecular weight is 276 g/mol. The van der Waals surface area contributed by atoms with E-state index in [2.05, 4.69) is 11.9 Å². The fraction of sp³-hybridized carbons (Fsp3) is 0.500. The molecular weight excluding hydrogens is 252 g/mol. The highest BCUT2D eigenvalue weighted by Gasteiger charge is 2.19. The summed E-state index contributed by atoms with van der Waals surface area (Å²) >= 11 is 0. The Morgan fingerprint density at radius 1 is 1.30 bits per heavy atom. The van der Waals surface area contributed by atoms with Gasteiger partial charge in [-0.05, 0) is 37.6 Å². The molecule has 1 saturated heterocycles. The maximum atomic E-state index is 6.13. The first-order valence-electron chi connectivity index (χ1n) is 7.12. The maximum Gasteiger partial charge on any atom is 0.162 e. The van der Waals surface area contributed by atoms with E-state index in [1.807, 2.05) is 30.4 Å². The first kappa shape index (κ1) is 14.9. The lowest BCUT2D eigenvalue weighted by Gasteiger charge is -2.29. The van der Waals surface area contributed by atoms with Crippen LogP contribution in [0.15, 0.2) is 24.3 Å². The summed E-state index contributed by atoms with van der Waals surface area (Å²) < 4.78 is 11.5.